The minimum atomic E-state index is 0.106. The molecule has 1 atom stereocenters. The molecule has 0 spiro atoms. The molecule has 1 unspecified atom stereocenters. The first-order valence-corrected chi connectivity index (χ1v) is 3.39. The highest BCUT2D eigenvalue weighted by Crippen LogP contribution is 2.11. The Hall–Kier alpha value is -0.643. The molecular formula is C5H12N3Si. The number of allylic oxidation sites excluding steroid dienone is 1. The lowest BCUT2D eigenvalue weighted by atomic mass is 10.2. The molecule has 3 radical (unpaired) electrons. The Morgan fingerprint density at radius 1 is 1.44 bits per heavy atom. The molecule has 0 fully saturated rings. The van der Waals surface area contributed by atoms with Gasteiger partial charge >= 0.3 is 0 Å². The third-order valence-corrected chi connectivity index (χ3v) is 1.84. The van der Waals surface area contributed by atoms with E-state index < -0.39 is 0 Å². The van der Waals surface area contributed by atoms with E-state index in [-0.39, 0.29) is 11.4 Å². The monoisotopic (exact) mass is 142 g/mol. The second-order valence-corrected chi connectivity index (χ2v) is 2.57. The van der Waals surface area contributed by atoms with Crippen LogP contribution >= 0.6 is 0 Å². The van der Waals surface area contributed by atoms with Gasteiger partial charge in [0.1, 0.15) is 5.82 Å². The van der Waals surface area contributed by atoms with Crippen LogP contribution in [0.1, 0.15) is 13.3 Å². The van der Waals surface area contributed by atoms with Gasteiger partial charge in [0.05, 0.1) is 0 Å². The second kappa shape index (κ2) is 3.40. The van der Waals surface area contributed by atoms with Gasteiger partial charge in [-0.25, -0.2) is 0 Å². The topological polar surface area (TPSA) is 78.1 Å². The maximum absolute atomic E-state index is 5.45. The van der Waals surface area contributed by atoms with Crippen LogP contribution in [0, 0.1) is 0 Å². The van der Waals surface area contributed by atoms with Gasteiger partial charge in [-0.3, -0.25) is 0 Å². The van der Waals surface area contributed by atoms with Crippen molar-refractivity contribution in [2.45, 2.75) is 18.9 Å². The fourth-order valence-electron chi connectivity index (χ4n) is 0.421. The van der Waals surface area contributed by atoms with Crippen molar-refractivity contribution >= 4 is 10.2 Å². The van der Waals surface area contributed by atoms with Crippen LogP contribution in [0.4, 0.5) is 0 Å². The van der Waals surface area contributed by atoms with Crippen molar-refractivity contribution in [1.29, 1.82) is 0 Å². The summed E-state index contributed by atoms with van der Waals surface area (Å²) in [6.07, 6.45) is 0.890. The minimum Gasteiger partial charge on any atom is -0.399 e. The van der Waals surface area contributed by atoms with Crippen molar-refractivity contribution in [3.8, 4) is 0 Å². The Bertz CT molecular complexity index is 117. The fraction of sp³-hybridized carbons (Fsp3) is 0.600. The van der Waals surface area contributed by atoms with Crippen LogP contribution in [0.2, 0.25) is 5.54 Å². The molecule has 0 aliphatic carbocycles. The average Bonchev–Trinajstić information content (AvgIpc) is 1.84. The third kappa shape index (κ3) is 2.41. The maximum Gasteiger partial charge on any atom is 0.113 e. The van der Waals surface area contributed by atoms with Gasteiger partial charge in [0, 0.05) is 15.9 Å². The van der Waals surface area contributed by atoms with E-state index in [1.807, 2.05) is 6.92 Å². The molecule has 0 saturated carbocycles. The summed E-state index contributed by atoms with van der Waals surface area (Å²) < 4.78 is 0. The van der Waals surface area contributed by atoms with Crippen LogP contribution in [-0.4, -0.2) is 10.2 Å². The van der Waals surface area contributed by atoms with Crippen LogP contribution in [0.3, 0.4) is 0 Å². The van der Waals surface area contributed by atoms with Crippen molar-refractivity contribution in [2.24, 2.45) is 17.2 Å². The molecule has 0 aromatic rings. The van der Waals surface area contributed by atoms with Crippen molar-refractivity contribution < 1.29 is 0 Å². The molecule has 0 aliphatic heterocycles. The summed E-state index contributed by atoms with van der Waals surface area (Å²) >= 11 is 0. The number of hydrogen-bond donors (Lipinski definition) is 3. The quantitative estimate of drug-likeness (QED) is 0.450. The Morgan fingerprint density at radius 3 is 2.00 bits per heavy atom. The van der Waals surface area contributed by atoms with Crippen LogP contribution < -0.4 is 17.2 Å². The molecule has 51 valence electrons. The first-order valence-electron chi connectivity index (χ1n) is 2.81. The summed E-state index contributed by atoms with van der Waals surface area (Å²) in [6, 6.07) is 0. The summed E-state index contributed by atoms with van der Waals surface area (Å²) in [7, 11) is 3.35. The number of rotatable bonds is 2. The van der Waals surface area contributed by atoms with Crippen LogP contribution in [-0.2, 0) is 0 Å². The lowest BCUT2D eigenvalue weighted by molar-refractivity contribution is 0.864. The van der Waals surface area contributed by atoms with E-state index in [0.29, 0.717) is 5.70 Å². The second-order valence-electron chi connectivity index (χ2n) is 1.87. The zero-order valence-electron chi connectivity index (χ0n) is 5.52. The summed E-state index contributed by atoms with van der Waals surface area (Å²) in [6.45, 7) is 1.99. The zero-order valence-corrected chi connectivity index (χ0v) is 6.52. The van der Waals surface area contributed by atoms with Crippen molar-refractivity contribution in [3.05, 3.63) is 11.5 Å². The molecule has 6 N–H and O–H groups in total. The Labute approximate surface area is 58.7 Å². The SMILES string of the molecule is CCC([Si])C(N)=C(N)N. The van der Waals surface area contributed by atoms with Gasteiger partial charge in [0.25, 0.3) is 0 Å². The van der Waals surface area contributed by atoms with E-state index in [4.69, 9.17) is 17.2 Å². The summed E-state index contributed by atoms with van der Waals surface area (Å²) in [5, 5.41) is 0. The fourth-order valence-corrected chi connectivity index (χ4v) is 0.588. The predicted octanol–water partition coefficient (Wildman–Crippen LogP) is -0.601. The van der Waals surface area contributed by atoms with Crippen molar-refractivity contribution in [3.63, 3.8) is 0 Å². The average molecular weight is 142 g/mol. The molecule has 0 aromatic carbocycles. The highest BCUT2D eigenvalue weighted by atomic mass is 28.1. The molecule has 0 rings (SSSR count). The molecule has 0 aromatic heterocycles. The molecule has 0 aliphatic rings. The lowest BCUT2D eigenvalue weighted by Crippen LogP contribution is -2.20. The highest BCUT2D eigenvalue weighted by Gasteiger charge is 2.03. The van der Waals surface area contributed by atoms with E-state index >= 15 is 0 Å². The Morgan fingerprint density at radius 2 is 1.89 bits per heavy atom. The number of hydrogen-bond acceptors (Lipinski definition) is 3. The maximum atomic E-state index is 5.45. The first kappa shape index (κ1) is 8.36. The Balaban J connectivity index is 4.02. The molecule has 0 bridgehead atoms. The largest absolute Gasteiger partial charge is 0.399 e. The van der Waals surface area contributed by atoms with Gasteiger partial charge in [-0.2, -0.15) is 0 Å². The van der Waals surface area contributed by atoms with Gasteiger partial charge < -0.3 is 17.2 Å². The summed E-state index contributed by atoms with van der Waals surface area (Å²) in [5.41, 5.74) is 16.5. The molecule has 0 heterocycles. The van der Waals surface area contributed by atoms with E-state index in [1.165, 1.54) is 0 Å². The molecule has 3 nitrogen and oxygen atoms in total. The van der Waals surface area contributed by atoms with Gasteiger partial charge in [0.15, 0.2) is 0 Å². The van der Waals surface area contributed by atoms with Crippen molar-refractivity contribution in [1.82, 2.24) is 0 Å². The summed E-state index contributed by atoms with van der Waals surface area (Å²) in [4.78, 5) is 0. The highest BCUT2D eigenvalue weighted by molar-refractivity contribution is 6.13. The van der Waals surface area contributed by atoms with Gasteiger partial charge in [-0.15, -0.1) is 0 Å². The van der Waals surface area contributed by atoms with Crippen LogP contribution in [0.5, 0.6) is 0 Å². The van der Waals surface area contributed by atoms with Crippen LogP contribution in [0.15, 0.2) is 11.5 Å². The number of nitrogens with two attached hydrogens (primary N) is 3. The molecule has 0 saturated heterocycles. The van der Waals surface area contributed by atoms with Gasteiger partial charge in [0.2, 0.25) is 0 Å². The minimum absolute atomic E-state index is 0.106. The van der Waals surface area contributed by atoms with Gasteiger partial charge in [-0.1, -0.05) is 13.3 Å². The van der Waals surface area contributed by atoms with E-state index in [1.54, 1.807) is 0 Å². The standard InChI is InChI=1S/C5H12N3Si/c1-2-3(9)4(6)5(7)8/h3H,2,6-8H2,1H3. The third-order valence-electron chi connectivity index (χ3n) is 1.12. The zero-order chi connectivity index (χ0) is 7.44. The normalized spacial score (nSPS) is 12.7. The first-order chi connectivity index (χ1) is 4.09. The molecule has 9 heavy (non-hydrogen) atoms. The molecule has 4 heteroatoms. The molecular weight excluding hydrogens is 130 g/mol. The van der Waals surface area contributed by atoms with E-state index in [0.717, 1.165) is 6.42 Å². The predicted molar refractivity (Wildman–Crippen MR) is 39.4 cm³/mol. The van der Waals surface area contributed by atoms with E-state index in [9.17, 15) is 0 Å². The summed E-state index contributed by atoms with van der Waals surface area (Å²) in [5.74, 6) is 0.205. The van der Waals surface area contributed by atoms with Gasteiger partial charge in [-0.05, 0) is 5.54 Å². The Kier molecular flexibility index (Phi) is 3.15. The smallest absolute Gasteiger partial charge is 0.113 e. The molecule has 0 amide bonds. The van der Waals surface area contributed by atoms with Crippen molar-refractivity contribution in [2.75, 3.05) is 0 Å². The van der Waals surface area contributed by atoms with Crippen LogP contribution in [0.25, 0.3) is 0 Å². The lowest BCUT2D eigenvalue weighted by Gasteiger charge is -2.08. The van der Waals surface area contributed by atoms with E-state index in [2.05, 4.69) is 10.2 Å².